The minimum Gasteiger partial charge on any atom is -0.462 e. The van der Waals surface area contributed by atoms with Gasteiger partial charge in [-0.15, -0.1) is 0 Å². The summed E-state index contributed by atoms with van der Waals surface area (Å²) in [5.74, 6) is 2.27. The highest BCUT2D eigenvalue weighted by atomic mass is 17.2. The fourth-order valence-corrected chi connectivity index (χ4v) is 5.88. The van der Waals surface area contributed by atoms with E-state index in [1.807, 2.05) is 6.92 Å². The molecular weight excluding hydrogens is 284 g/mol. The van der Waals surface area contributed by atoms with Gasteiger partial charge >= 0.3 is 5.97 Å². The lowest BCUT2D eigenvalue weighted by Crippen LogP contribution is -2.51. The zero-order valence-corrected chi connectivity index (χ0v) is 13.0. The quantitative estimate of drug-likeness (QED) is 0.454. The molecule has 2 aliphatic heterocycles. The molecule has 6 aliphatic rings. The van der Waals surface area contributed by atoms with Crippen molar-refractivity contribution in [1.29, 1.82) is 0 Å². The van der Waals surface area contributed by atoms with E-state index in [4.69, 9.17) is 19.2 Å². The van der Waals surface area contributed by atoms with Crippen LogP contribution in [0.5, 0.6) is 0 Å². The molecule has 4 aliphatic carbocycles. The third kappa shape index (κ3) is 2.05. The Kier molecular flexibility index (Phi) is 2.93. The highest BCUT2D eigenvalue weighted by Gasteiger charge is 2.57. The molecule has 0 radical (unpaired) electrons. The van der Waals surface area contributed by atoms with Crippen LogP contribution < -0.4 is 0 Å². The number of hydrogen-bond acceptors (Lipinski definition) is 5. The molecule has 0 spiro atoms. The average molecular weight is 308 g/mol. The Morgan fingerprint density at radius 1 is 1.05 bits per heavy atom. The van der Waals surface area contributed by atoms with Crippen molar-refractivity contribution >= 4 is 5.97 Å². The van der Waals surface area contributed by atoms with Crippen LogP contribution >= 0.6 is 0 Å². The molecule has 4 atom stereocenters. The van der Waals surface area contributed by atoms with Crippen molar-refractivity contribution in [3.05, 3.63) is 0 Å². The van der Waals surface area contributed by atoms with Crippen LogP contribution in [-0.2, 0) is 24.0 Å². The SMILES string of the molecule is C[C@H]1OO[C@@H](COC(=O)C23CC4CC(CC(C4)C2)C3)[C@@H]2O[C@@H]21. The van der Waals surface area contributed by atoms with Gasteiger partial charge in [0.2, 0.25) is 0 Å². The largest absolute Gasteiger partial charge is 0.462 e. The minimum atomic E-state index is -0.265. The number of fused-ring (bicyclic) bond motifs is 1. The van der Waals surface area contributed by atoms with Crippen LogP contribution in [-0.4, -0.2) is 37.0 Å². The van der Waals surface area contributed by atoms with E-state index < -0.39 is 0 Å². The molecule has 0 aromatic rings. The number of epoxide rings is 1. The van der Waals surface area contributed by atoms with Crippen molar-refractivity contribution in [3.63, 3.8) is 0 Å². The Morgan fingerprint density at radius 2 is 1.68 bits per heavy atom. The number of ether oxygens (including phenoxy) is 2. The number of rotatable bonds is 3. The van der Waals surface area contributed by atoms with E-state index in [1.165, 1.54) is 19.3 Å². The maximum atomic E-state index is 12.8. The van der Waals surface area contributed by atoms with E-state index in [9.17, 15) is 4.79 Å². The van der Waals surface area contributed by atoms with Crippen LogP contribution in [0.15, 0.2) is 0 Å². The number of carbonyl (C=O) groups is 1. The lowest BCUT2D eigenvalue weighted by Gasteiger charge is -2.55. The van der Waals surface area contributed by atoms with Crippen molar-refractivity contribution in [2.24, 2.45) is 23.2 Å². The van der Waals surface area contributed by atoms with Crippen LogP contribution in [0.4, 0.5) is 0 Å². The molecule has 4 bridgehead atoms. The van der Waals surface area contributed by atoms with E-state index in [0.717, 1.165) is 37.0 Å². The Hall–Kier alpha value is -0.650. The molecule has 2 heterocycles. The molecule has 0 aromatic heterocycles. The second kappa shape index (κ2) is 4.68. The second-order valence-corrected chi connectivity index (χ2v) is 8.30. The molecule has 22 heavy (non-hydrogen) atoms. The summed E-state index contributed by atoms with van der Waals surface area (Å²) in [5, 5.41) is 0. The molecule has 5 nitrogen and oxygen atoms in total. The van der Waals surface area contributed by atoms with Crippen LogP contribution in [0.1, 0.15) is 45.4 Å². The van der Waals surface area contributed by atoms with Crippen molar-refractivity contribution in [1.82, 2.24) is 0 Å². The van der Waals surface area contributed by atoms with Crippen LogP contribution in [0.3, 0.4) is 0 Å². The summed E-state index contributed by atoms with van der Waals surface area (Å²) in [5.41, 5.74) is -0.193. The lowest BCUT2D eigenvalue weighted by atomic mass is 9.49. The van der Waals surface area contributed by atoms with Gasteiger partial charge < -0.3 is 9.47 Å². The molecular formula is C17H24O5. The van der Waals surface area contributed by atoms with Gasteiger partial charge in [0.1, 0.15) is 24.9 Å². The monoisotopic (exact) mass is 308 g/mol. The summed E-state index contributed by atoms with van der Waals surface area (Å²) in [7, 11) is 0. The first-order valence-corrected chi connectivity index (χ1v) is 8.78. The summed E-state index contributed by atoms with van der Waals surface area (Å²) in [6.45, 7) is 2.19. The van der Waals surface area contributed by atoms with E-state index >= 15 is 0 Å². The van der Waals surface area contributed by atoms with Gasteiger partial charge in [-0.2, -0.15) is 0 Å². The third-order valence-electron chi connectivity index (χ3n) is 6.57. The molecule has 6 rings (SSSR count). The Bertz CT molecular complexity index is 454. The Morgan fingerprint density at radius 3 is 2.32 bits per heavy atom. The summed E-state index contributed by atoms with van der Waals surface area (Å²) in [6, 6.07) is 0. The first-order chi connectivity index (χ1) is 10.6. The third-order valence-corrected chi connectivity index (χ3v) is 6.57. The molecule has 0 amide bonds. The zero-order chi connectivity index (χ0) is 14.9. The highest BCUT2D eigenvalue weighted by molar-refractivity contribution is 5.77. The summed E-state index contributed by atoms with van der Waals surface area (Å²) >= 11 is 0. The van der Waals surface area contributed by atoms with Crippen molar-refractivity contribution in [2.45, 2.75) is 69.9 Å². The normalized spacial score (nSPS) is 54.9. The van der Waals surface area contributed by atoms with Crippen molar-refractivity contribution in [2.75, 3.05) is 6.61 Å². The van der Waals surface area contributed by atoms with Gasteiger partial charge in [0, 0.05) is 0 Å². The van der Waals surface area contributed by atoms with E-state index in [2.05, 4.69) is 0 Å². The summed E-state index contributed by atoms with van der Waals surface area (Å²) < 4.78 is 11.2. The van der Waals surface area contributed by atoms with Crippen LogP contribution in [0.25, 0.3) is 0 Å². The fourth-order valence-electron chi connectivity index (χ4n) is 5.88. The first-order valence-electron chi connectivity index (χ1n) is 8.78. The van der Waals surface area contributed by atoms with Crippen LogP contribution in [0, 0.1) is 23.2 Å². The fraction of sp³-hybridized carbons (Fsp3) is 0.941. The van der Waals surface area contributed by atoms with E-state index in [-0.39, 0.29) is 42.4 Å². The van der Waals surface area contributed by atoms with Crippen molar-refractivity contribution < 1.29 is 24.0 Å². The van der Waals surface area contributed by atoms with Gasteiger partial charge in [0.25, 0.3) is 0 Å². The second-order valence-electron chi connectivity index (χ2n) is 8.30. The van der Waals surface area contributed by atoms with Gasteiger partial charge in [-0.05, 0) is 63.2 Å². The zero-order valence-electron chi connectivity index (χ0n) is 13.0. The number of esters is 1. The maximum absolute atomic E-state index is 12.8. The molecule has 6 fully saturated rings. The van der Waals surface area contributed by atoms with Crippen molar-refractivity contribution in [3.8, 4) is 0 Å². The predicted octanol–water partition coefficient (Wildman–Crippen LogP) is 2.23. The minimum absolute atomic E-state index is 0.00558. The molecule has 0 unspecified atom stereocenters. The van der Waals surface area contributed by atoms with Gasteiger partial charge in [0.05, 0.1) is 5.41 Å². The van der Waals surface area contributed by atoms with E-state index in [0.29, 0.717) is 0 Å². The van der Waals surface area contributed by atoms with Gasteiger partial charge in [-0.3, -0.25) is 4.79 Å². The molecule has 4 saturated carbocycles. The predicted molar refractivity (Wildman–Crippen MR) is 75.6 cm³/mol. The lowest BCUT2D eigenvalue weighted by molar-refractivity contribution is -0.364. The molecule has 2 saturated heterocycles. The maximum Gasteiger partial charge on any atom is 0.312 e. The first kappa shape index (κ1) is 13.8. The Labute approximate surface area is 130 Å². The highest BCUT2D eigenvalue weighted by Crippen LogP contribution is 2.60. The number of carbonyl (C=O) groups excluding carboxylic acids is 1. The summed E-state index contributed by atoms with van der Waals surface area (Å²) in [4.78, 5) is 23.3. The summed E-state index contributed by atoms with van der Waals surface area (Å²) in [6.07, 6.45) is 6.98. The average Bonchev–Trinajstić information content (AvgIpc) is 3.26. The van der Waals surface area contributed by atoms with Gasteiger partial charge in [-0.25, -0.2) is 9.78 Å². The standard InChI is InChI=1S/C17H24O5/c1-9-14-15(20-14)13(22-21-9)8-19-16(18)17-5-10-2-11(6-17)4-12(3-10)7-17/h9-15H,2-8H2,1H3/t9-,10?,11?,12?,13+,14-,15+,17?/m1/s1. The molecule has 0 aromatic carbocycles. The Balaban J connectivity index is 1.22. The van der Waals surface area contributed by atoms with E-state index in [1.54, 1.807) is 0 Å². The van der Waals surface area contributed by atoms with Gasteiger partial charge in [0.15, 0.2) is 6.10 Å². The van der Waals surface area contributed by atoms with Gasteiger partial charge in [-0.1, -0.05) is 0 Å². The molecule has 0 N–H and O–H groups in total. The topological polar surface area (TPSA) is 57.3 Å². The number of hydrogen-bond donors (Lipinski definition) is 0. The molecule has 5 heteroatoms. The van der Waals surface area contributed by atoms with Crippen LogP contribution in [0.2, 0.25) is 0 Å². The molecule has 122 valence electrons. The smallest absolute Gasteiger partial charge is 0.312 e.